The molecule has 0 aromatic heterocycles. The van der Waals surface area contributed by atoms with E-state index in [-0.39, 0.29) is 18.5 Å². The molecule has 0 saturated carbocycles. The van der Waals surface area contributed by atoms with Gasteiger partial charge in [-0.1, -0.05) is 48.5 Å². The molecule has 0 spiro atoms. The summed E-state index contributed by atoms with van der Waals surface area (Å²) < 4.78 is 0. The van der Waals surface area contributed by atoms with Gasteiger partial charge in [0.05, 0.1) is 12.6 Å². The molecule has 4 heteroatoms. The first kappa shape index (κ1) is 19.2. The van der Waals surface area contributed by atoms with Gasteiger partial charge in [0.1, 0.15) is 0 Å². The minimum absolute atomic E-state index is 0.0603. The van der Waals surface area contributed by atoms with Gasteiger partial charge < -0.3 is 10.4 Å². The van der Waals surface area contributed by atoms with E-state index in [2.05, 4.69) is 17.4 Å². The van der Waals surface area contributed by atoms with Gasteiger partial charge in [-0.25, -0.2) is 0 Å². The maximum absolute atomic E-state index is 12.5. The standard InChI is InChI=1S/C21H28N2O2/c1-16(2)23(14-17(3)24)15-21(25)22-20-12-8-7-11-19(20)13-18-9-5-4-6-10-18/h4-12,16-17,24H,13-15H2,1-3H3,(H,22,25). The van der Waals surface area contributed by atoms with Crippen molar-refractivity contribution >= 4 is 11.6 Å². The smallest absolute Gasteiger partial charge is 0.238 e. The van der Waals surface area contributed by atoms with E-state index >= 15 is 0 Å². The first-order valence-corrected chi connectivity index (χ1v) is 8.79. The molecule has 1 atom stereocenters. The maximum atomic E-state index is 12.5. The molecule has 134 valence electrons. The van der Waals surface area contributed by atoms with Gasteiger partial charge in [-0.3, -0.25) is 9.69 Å². The summed E-state index contributed by atoms with van der Waals surface area (Å²) in [7, 11) is 0. The molecule has 0 saturated heterocycles. The second-order valence-corrected chi connectivity index (χ2v) is 6.74. The van der Waals surface area contributed by atoms with Gasteiger partial charge in [-0.2, -0.15) is 0 Å². The lowest BCUT2D eigenvalue weighted by atomic mass is 10.0. The number of benzene rings is 2. The number of nitrogens with zero attached hydrogens (tertiary/aromatic N) is 1. The maximum Gasteiger partial charge on any atom is 0.238 e. The summed E-state index contributed by atoms with van der Waals surface area (Å²) in [6.45, 7) is 6.54. The van der Waals surface area contributed by atoms with E-state index in [1.165, 1.54) is 5.56 Å². The fourth-order valence-corrected chi connectivity index (χ4v) is 2.78. The van der Waals surface area contributed by atoms with Gasteiger partial charge in [-0.05, 0) is 44.4 Å². The lowest BCUT2D eigenvalue weighted by molar-refractivity contribution is -0.118. The molecular formula is C21H28N2O2. The van der Waals surface area contributed by atoms with Crippen molar-refractivity contribution in [2.75, 3.05) is 18.4 Å². The lowest BCUT2D eigenvalue weighted by Gasteiger charge is -2.27. The third-order valence-corrected chi connectivity index (χ3v) is 4.10. The van der Waals surface area contributed by atoms with Crippen LogP contribution in [0.15, 0.2) is 54.6 Å². The van der Waals surface area contributed by atoms with Crippen molar-refractivity contribution in [1.29, 1.82) is 0 Å². The molecule has 0 bridgehead atoms. The molecule has 1 unspecified atom stereocenters. The molecule has 4 nitrogen and oxygen atoms in total. The number of nitrogens with one attached hydrogen (secondary N) is 1. The number of hydrogen-bond acceptors (Lipinski definition) is 3. The molecule has 0 radical (unpaired) electrons. The molecule has 1 amide bonds. The van der Waals surface area contributed by atoms with E-state index in [0.29, 0.717) is 6.54 Å². The van der Waals surface area contributed by atoms with Gasteiger partial charge in [0.15, 0.2) is 0 Å². The summed E-state index contributed by atoms with van der Waals surface area (Å²) in [5, 5.41) is 12.6. The highest BCUT2D eigenvalue weighted by Gasteiger charge is 2.16. The highest BCUT2D eigenvalue weighted by atomic mass is 16.3. The van der Waals surface area contributed by atoms with Gasteiger partial charge >= 0.3 is 0 Å². The van der Waals surface area contributed by atoms with E-state index in [1.807, 2.05) is 61.2 Å². The Balaban J connectivity index is 2.05. The van der Waals surface area contributed by atoms with Crippen molar-refractivity contribution in [3.8, 4) is 0 Å². The fraction of sp³-hybridized carbons (Fsp3) is 0.381. The number of rotatable bonds is 8. The van der Waals surface area contributed by atoms with Crippen LogP contribution in [-0.2, 0) is 11.2 Å². The summed E-state index contributed by atoms with van der Waals surface area (Å²) in [6.07, 6.45) is 0.319. The van der Waals surface area contributed by atoms with Crippen LogP contribution >= 0.6 is 0 Å². The second kappa shape index (κ2) is 9.35. The molecule has 2 N–H and O–H groups in total. The van der Waals surface area contributed by atoms with Crippen molar-refractivity contribution in [2.24, 2.45) is 0 Å². The van der Waals surface area contributed by atoms with Crippen LogP contribution in [0.1, 0.15) is 31.9 Å². The molecule has 0 heterocycles. The molecule has 0 aliphatic carbocycles. The van der Waals surface area contributed by atoms with E-state index < -0.39 is 6.10 Å². The zero-order valence-corrected chi connectivity index (χ0v) is 15.3. The number of para-hydroxylation sites is 1. The third kappa shape index (κ3) is 6.33. The predicted octanol–water partition coefficient (Wildman–Crippen LogP) is 3.31. The minimum Gasteiger partial charge on any atom is -0.392 e. The normalized spacial score (nSPS) is 12.4. The van der Waals surface area contributed by atoms with Crippen LogP contribution in [0.5, 0.6) is 0 Å². The number of hydrogen-bond donors (Lipinski definition) is 2. The van der Waals surface area contributed by atoms with Crippen molar-refractivity contribution in [3.05, 3.63) is 65.7 Å². The van der Waals surface area contributed by atoms with Crippen molar-refractivity contribution in [2.45, 2.75) is 39.3 Å². The molecule has 2 aromatic carbocycles. The number of amides is 1. The summed E-state index contributed by atoms with van der Waals surface area (Å²) >= 11 is 0. The average Bonchev–Trinajstić information content (AvgIpc) is 2.56. The minimum atomic E-state index is -0.458. The highest BCUT2D eigenvalue weighted by molar-refractivity contribution is 5.93. The van der Waals surface area contributed by atoms with Gasteiger partial charge in [0, 0.05) is 18.3 Å². The van der Waals surface area contributed by atoms with Crippen LogP contribution in [0, 0.1) is 0 Å². The predicted molar refractivity (Wildman–Crippen MR) is 103 cm³/mol. The second-order valence-electron chi connectivity index (χ2n) is 6.74. The van der Waals surface area contributed by atoms with Gasteiger partial charge in [-0.15, -0.1) is 0 Å². The lowest BCUT2D eigenvalue weighted by Crippen LogP contribution is -2.41. The number of anilines is 1. The summed E-state index contributed by atoms with van der Waals surface area (Å²) in [5.74, 6) is -0.0603. The highest BCUT2D eigenvalue weighted by Crippen LogP contribution is 2.19. The average molecular weight is 340 g/mol. The first-order chi connectivity index (χ1) is 12.0. The summed E-state index contributed by atoms with van der Waals surface area (Å²) in [6, 6.07) is 18.3. The topological polar surface area (TPSA) is 52.6 Å². The Morgan fingerprint density at radius 3 is 2.32 bits per heavy atom. The molecule has 0 aliphatic rings. The Morgan fingerprint density at radius 2 is 1.68 bits per heavy atom. The quantitative estimate of drug-likeness (QED) is 0.775. The molecule has 0 aliphatic heterocycles. The molecule has 2 rings (SSSR count). The monoisotopic (exact) mass is 340 g/mol. The molecule has 25 heavy (non-hydrogen) atoms. The van der Waals surface area contributed by atoms with E-state index in [4.69, 9.17) is 0 Å². The van der Waals surface area contributed by atoms with E-state index in [9.17, 15) is 9.90 Å². The van der Waals surface area contributed by atoms with E-state index in [1.54, 1.807) is 6.92 Å². The van der Waals surface area contributed by atoms with Crippen LogP contribution < -0.4 is 5.32 Å². The Labute approximate surface area is 150 Å². The third-order valence-electron chi connectivity index (χ3n) is 4.10. The van der Waals surface area contributed by atoms with Gasteiger partial charge in [0.2, 0.25) is 5.91 Å². The van der Waals surface area contributed by atoms with Crippen LogP contribution in [0.2, 0.25) is 0 Å². The fourth-order valence-electron chi connectivity index (χ4n) is 2.78. The van der Waals surface area contributed by atoms with Crippen molar-refractivity contribution in [1.82, 2.24) is 4.90 Å². The van der Waals surface area contributed by atoms with Crippen molar-refractivity contribution < 1.29 is 9.90 Å². The Bertz CT molecular complexity index is 669. The zero-order chi connectivity index (χ0) is 18.2. The van der Waals surface area contributed by atoms with Crippen LogP contribution in [-0.4, -0.2) is 41.1 Å². The van der Waals surface area contributed by atoms with Crippen LogP contribution in [0.3, 0.4) is 0 Å². The number of aliphatic hydroxyl groups is 1. The summed E-state index contributed by atoms with van der Waals surface area (Å²) in [4.78, 5) is 14.5. The number of aliphatic hydroxyl groups excluding tert-OH is 1. The Kier molecular flexibility index (Phi) is 7.16. The number of carbonyl (C=O) groups is 1. The van der Waals surface area contributed by atoms with E-state index in [0.717, 1.165) is 17.7 Å². The molecule has 2 aromatic rings. The Morgan fingerprint density at radius 1 is 1.04 bits per heavy atom. The van der Waals surface area contributed by atoms with Crippen LogP contribution in [0.4, 0.5) is 5.69 Å². The first-order valence-electron chi connectivity index (χ1n) is 8.79. The number of carbonyl (C=O) groups excluding carboxylic acids is 1. The molecule has 0 fully saturated rings. The van der Waals surface area contributed by atoms with Gasteiger partial charge in [0.25, 0.3) is 0 Å². The summed E-state index contributed by atoms with van der Waals surface area (Å²) in [5.41, 5.74) is 3.15. The SMILES string of the molecule is CC(O)CN(CC(=O)Nc1ccccc1Cc1ccccc1)C(C)C. The Hall–Kier alpha value is -2.17. The largest absolute Gasteiger partial charge is 0.392 e. The van der Waals surface area contributed by atoms with Crippen molar-refractivity contribution in [3.63, 3.8) is 0 Å². The zero-order valence-electron chi connectivity index (χ0n) is 15.3. The van der Waals surface area contributed by atoms with Crippen LogP contribution in [0.25, 0.3) is 0 Å². The molecular weight excluding hydrogens is 312 g/mol.